The van der Waals surface area contributed by atoms with Crippen molar-refractivity contribution < 1.29 is 23.7 Å². The number of hydrogen-bond acceptors (Lipinski definition) is 5. The van der Waals surface area contributed by atoms with Crippen molar-refractivity contribution >= 4 is 21.7 Å². The zero-order valence-electron chi connectivity index (χ0n) is 15.0. The van der Waals surface area contributed by atoms with Gasteiger partial charge in [-0.3, -0.25) is 4.79 Å². The summed E-state index contributed by atoms with van der Waals surface area (Å²) in [5.74, 6) is 0.767. The first-order valence-electron chi connectivity index (χ1n) is 8.74. The molecule has 0 amide bonds. The lowest BCUT2D eigenvalue weighted by atomic mass is 10.0. The van der Waals surface area contributed by atoms with E-state index in [1.807, 2.05) is 13.8 Å². The summed E-state index contributed by atoms with van der Waals surface area (Å²) >= 11 is 3.38. The Kier molecular flexibility index (Phi) is 8.36. The van der Waals surface area contributed by atoms with E-state index < -0.39 is 4.32 Å². The molecule has 1 aliphatic heterocycles. The van der Waals surface area contributed by atoms with Crippen molar-refractivity contribution in [3.63, 3.8) is 0 Å². The molecular weight excluding hydrogens is 388 g/mol. The van der Waals surface area contributed by atoms with Crippen molar-refractivity contribution in [3.8, 4) is 5.75 Å². The van der Waals surface area contributed by atoms with Gasteiger partial charge in [-0.25, -0.2) is 0 Å². The number of benzene rings is 1. The van der Waals surface area contributed by atoms with Gasteiger partial charge in [-0.15, -0.1) is 0 Å². The third-order valence-electron chi connectivity index (χ3n) is 3.82. The van der Waals surface area contributed by atoms with Gasteiger partial charge in [0.1, 0.15) is 12.4 Å². The van der Waals surface area contributed by atoms with Gasteiger partial charge in [-0.1, -0.05) is 15.9 Å². The Morgan fingerprint density at radius 1 is 1.16 bits per heavy atom. The molecular formula is C19H27BrO5. The summed E-state index contributed by atoms with van der Waals surface area (Å²) < 4.78 is 21.6. The number of carbonyl (C=O) groups excluding carboxylic acids is 1. The molecule has 1 heterocycles. The van der Waals surface area contributed by atoms with Crippen LogP contribution < -0.4 is 4.74 Å². The van der Waals surface area contributed by atoms with Crippen molar-refractivity contribution in [3.05, 3.63) is 29.8 Å². The Morgan fingerprint density at radius 2 is 1.88 bits per heavy atom. The van der Waals surface area contributed by atoms with Crippen molar-refractivity contribution in [2.75, 3.05) is 33.0 Å². The maximum absolute atomic E-state index is 12.1. The Morgan fingerprint density at radius 3 is 2.52 bits per heavy atom. The molecule has 1 aromatic rings. The number of hydrogen-bond donors (Lipinski definition) is 0. The molecule has 0 spiro atoms. The molecule has 1 fully saturated rings. The Balaban J connectivity index is 1.56. The first kappa shape index (κ1) is 20.4. The molecule has 1 unspecified atom stereocenters. The van der Waals surface area contributed by atoms with E-state index in [4.69, 9.17) is 18.9 Å². The molecule has 1 aromatic carbocycles. The van der Waals surface area contributed by atoms with E-state index in [-0.39, 0.29) is 12.1 Å². The van der Waals surface area contributed by atoms with Gasteiger partial charge in [-0.2, -0.15) is 0 Å². The van der Waals surface area contributed by atoms with Gasteiger partial charge in [0.15, 0.2) is 12.1 Å². The van der Waals surface area contributed by atoms with Crippen LogP contribution in [0.3, 0.4) is 0 Å². The smallest absolute Gasteiger partial charge is 0.178 e. The summed E-state index contributed by atoms with van der Waals surface area (Å²) in [4.78, 5) is 12.1. The van der Waals surface area contributed by atoms with Gasteiger partial charge in [0.2, 0.25) is 0 Å². The highest BCUT2D eigenvalue weighted by atomic mass is 79.9. The van der Waals surface area contributed by atoms with Crippen LogP contribution in [0.15, 0.2) is 24.3 Å². The van der Waals surface area contributed by atoms with Crippen LogP contribution in [0.4, 0.5) is 0 Å². The normalized spacial score (nSPS) is 18.1. The molecule has 0 aromatic heterocycles. The third kappa shape index (κ3) is 7.44. The van der Waals surface area contributed by atoms with Crippen molar-refractivity contribution in [2.24, 2.45) is 0 Å². The van der Waals surface area contributed by atoms with E-state index in [2.05, 4.69) is 15.9 Å². The Bertz CT molecular complexity index is 518. The summed E-state index contributed by atoms with van der Waals surface area (Å²) in [5.41, 5.74) is 0.660. The van der Waals surface area contributed by atoms with Crippen LogP contribution in [0.5, 0.6) is 5.75 Å². The third-order valence-corrected chi connectivity index (χ3v) is 4.18. The predicted molar refractivity (Wildman–Crippen MR) is 99.6 cm³/mol. The fraction of sp³-hybridized carbons (Fsp3) is 0.632. The zero-order valence-corrected chi connectivity index (χ0v) is 16.5. The minimum absolute atomic E-state index is 0.0457. The zero-order chi connectivity index (χ0) is 18.1. The monoisotopic (exact) mass is 414 g/mol. The van der Waals surface area contributed by atoms with Crippen LogP contribution in [0, 0.1) is 0 Å². The predicted octanol–water partition coefficient (Wildman–Crippen LogP) is 3.98. The van der Waals surface area contributed by atoms with E-state index in [1.54, 1.807) is 24.3 Å². The highest BCUT2D eigenvalue weighted by molar-refractivity contribution is 9.10. The number of alkyl halides is 1. The molecule has 140 valence electrons. The molecule has 1 saturated heterocycles. The van der Waals surface area contributed by atoms with Crippen LogP contribution in [-0.2, 0) is 14.2 Å². The summed E-state index contributed by atoms with van der Waals surface area (Å²) in [5, 5.41) is 0. The minimum Gasteiger partial charge on any atom is -0.491 e. The van der Waals surface area contributed by atoms with Gasteiger partial charge in [0.05, 0.1) is 24.1 Å². The largest absolute Gasteiger partial charge is 0.491 e. The lowest BCUT2D eigenvalue weighted by Gasteiger charge is -2.22. The number of Topliss-reactive ketones (excluding diaryl/α,β-unsaturated/α-hetero) is 1. The van der Waals surface area contributed by atoms with Gasteiger partial charge in [0.25, 0.3) is 0 Å². The number of rotatable bonds is 10. The van der Waals surface area contributed by atoms with Gasteiger partial charge >= 0.3 is 0 Å². The van der Waals surface area contributed by atoms with Crippen molar-refractivity contribution in [1.82, 2.24) is 0 Å². The standard InChI is InChI=1S/C19H27BrO5/c1-19(2,20)18(21)15-6-8-16(9-7-15)23-13-11-22-12-14-25-17-5-3-4-10-24-17/h6-9,17H,3-5,10-14H2,1-2H3. The fourth-order valence-corrected chi connectivity index (χ4v) is 2.68. The Labute approximate surface area is 158 Å². The summed E-state index contributed by atoms with van der Waals surface area (Å²) in [6, 6.07) is 7.16. The molecule has 0 bridgehead atoms. The molecule has 0 radical (unpaired) electrons. The quantitative estimate of drug-likeness (QED) is 0.329. The number of carbonyl (C=O) groups is 1. The molecule has 6 heteroatoms. The molecule has 1 aliphatic rings. The highest BCUT2D eigenvalue weighted by Crippen LogP contribution is 2.23. The molecule has 5 nitrogen and oxygen atoms in total. The second-order valence-electron chi connectivity index (χ2n) is 6.45. The van der Waals surface area contributed by atoms with E-state index in [0.29, 0.717) is 32.0 Å². The first-order valence-corrected chi connectivity index (χ1v) is 9.53. The molecule has 2 rings (SSSR count). The van der Waals surface area contributed by atoms with Gasteiger partial charge in [0, 0.05) is 12.2 Å². The summed E-state index contributed by atoms with van der Waals surface area (Å²) in [7, 11) is 0. The minimum atomic E-state index is -0.562. The lowest BCUT2D eigenvalue weighted by Crippen LogP contribution is -2.24. The maximum atomic E-state index is 12.1. The lowest BCUT2D eigenvalue weighted by molar-refractivity contribution is -0.169. The average molecular weight is 415 g/mol. The number of ether oxygens (including phenoxy) is 4. The van der Waals surface area contributed by atoms with Crippen LogP contribution in [0.25, 0.3) is 0 Å². The van der Waals surface area contributed by atoms with Crippen LogP contribution in [0.1, 0.15) is 43.5 Å². The van der Waals surface area contributed by atoms with Crippen LogP contribution in [-0.4, -0.2) is 49.4 Å². The second-order valence-corrected chi connectivity index (χ2v) is 8.44. The number of halogens is 1. The molecule has 0 saturated carbocycles. The van der Waals surface area contributed by atoms with E-state index >= 15 is 0 Å². The molecule has 25 heavy (non-hydrogen) atoms. The van der Waals surface area contributed by atoms with Gasteiger partial charge in [-0.05, 0) is 57.4 Å². The fourth-order valence-electron chi connectivity index (χ4n) is 2.45. The molecule has 0 aliphatic carbocycles. The van der Waals surface area contributed by atoms with Crippen molar-refractivity contribution in [1.29, 1.82) is 0 Å². The van der Waals surface area contributed by atoms with E-state index in [0.717, 1.165) is 31.6 Å². The highest BCUT2D eigenvalue weighted by Gasteiger charge is 2.24. The van der Waals surface area contributed by atoms with Crippen LogP contribution in [0.2, 0.25) is 0 Å². The van der Waals surface area contributed by atoms with E-state index in [1.165, 1.54) is 0 Å². The molecule has 1 atom stereocenters. The summed E-state index contributed by atoms with van der Waals surface area (Å²) in [6.07, 6.45) is 3.18. The number of ketones is 1. The first-order chi connectivity index (χ1) is 12.0. The topological polar surface area (TPSA) is 54.0 Å². The SMILES string of the molecule is CC(C)(Br)C(=O)c1ccc(OCCOCCOC2CCCCO2)cc1. The molecule has 0 N–H and O–H groups in total. The average Bonchev–Trinajstić information content (AvgIpc) is 2.61. The van der Waals surface area contributed by atoms with Gasteiger partial charge < -0.3 is 18.9 Å². The maximum Gasteiger partial charge on any atom is 0.178 e. The van der Waals surface area contributed by atoms with Crippen LogP contribution >= 0.6 is 15.9 Å². The van der Waals surface area contributed by atoms with Crippen molar-refractivity contribution in [2.45, 2.75) is 43.7 Å². The summed E-state index contributed by atoms with van der Waals surface area (Å²) in [6.45, 7) is 6.46. The van der Waals surface area contributed by atoms with E-state index in [9.17, 15) is 4.79 Å². The second kappa shape index (κ2) is 10.3. The Hall–Kier alpha value is -0.950.